The molecule has 1 aromatic rings. The van der Waals surface area contributed by atoms with E-state index in [0.717, 1.165) is 22.9 Å². The maximum Gasteiger partial charge on any atom is 0.319 e. The van der Waals surface area contributed by atoms with E-state index in [1.807, 2.05) is 0 Å². The largest absolute Gasteiger partial charge is 0.331 e. The fourth-order valence-corrected chi connectivity index (χ4v) is 2.79. The highest BCUT2D eigenvalue weighted by atomic mass is 32.2. The first-order chi connectivity index (χ1) is 9.78. The number of carbonyl (C=O) groups excluding carboxylic acids is 1. The third kappa shape index (κ3) is 3.92. The fraction of sp³-hybridized carbons (Fsp3) is 0.538. The van der Waals surface area contributed by atoms with E-state index in [4.69, 9.17) is 0 Å². The smallest absolute Gasteiger partial charge is 0.319 e. The second-order valence-corrected chi connectivity index (χ2v) is 7.21. The number of nitrogens with zero attached hydrogens (tertiary/aromatic N) is 3. The molecule has 1 aliphatic rings. The van der Waals surface area contributed by atoms with Gasteiger partial charge in [-0.25, -0.2) is 17.9 Å². The van der Waals surface area contributed by atoms with Crippen LogP contribution in [0.3, 0.4) is 0 Å². The predicted molar refractivity (Wildman–Crippen MR) is 79.1 cm³/mol. The molecular weight excluding hydrogens is 292 g/mol. The van der Waals surface area contributed by atoms with Crippen LogP contribution in [0.25, 0.3) is 0 Å². The number of amides is 2. The molecule has 0 fully saturated rings. The summed E-state index contributed by atoms with van der Waals surface area (Å²) in [6.45, 7) is 1.36. The molecular formula is C13H20N4O3S. The van der Waals surface area contributed by atoms with Gasteiger partial charge in [-0.2, -0.15) is 0 Å². The summed E-state index contributed by atoms with van der Waals surface area (Å²) in [5.41, 5.74) is 2.93. The number of sulfonamides is 1. The van der Waals surface area contributed by atoms with Gasteiger partial charge in [-0.3, -0.25) is 4.98 Å². The quantitative estimate of drug-likeness (QED) is 0.862. The van der Waals surface area contributed by atoms with Crippen LogP contribution >= 0.6 is 0 Å². The van der Waals surface area contributed by atoms with Gasteiger partial charge in [0.15, 0.2) is 0 Å². The van der Waals surface area contributed by atoms with E-state index in [9.17, 15) is 13.2 Å². The maximum absolute atomic E-state index is 12.0. The van der Waals surface area contributed by atoms with Crippen molar-refractivity contribution in [2.75, 3.05) is 26.9 Å². The zero-order chi connectivity index (χ0) is 15.6. The molecule has 2 heterocycles. The Balaban J connectivity index is 2.17. The normalized spacial score (nSPS) is 14.7. The number of hydrogen-bond acceptors (Lipinski definition) is 4. The summed E-state index contributed by atoms with van der Waals surface area (Å²) >= 11 is 0. The topological polar surface area (TPSA) is 82.6 Å². The van der Waals surface area contributed by atoms with Crippen molar-refractivity contribution < 1.29 is 13.2 Å². The minimum Gasteiger partial charge on any atom is -0.331 e. The van der Waals surface area contributed by atoms with E-state index < -0.39 is 10.0 Å². The lowest BCUT2D eigenvalue weighted by Crippen LogP contribution is -2.42. The first kappa shape index (κ1) is 15.7. The summed E-state index contributed by atoms with van der Waals surface area (Å²) in [4.78, 5) is 19.5. The zero-order valence-corrected chi connectivity index (χ0v) is 13.3. The van der Waals surface area contributed by atoms with E-state index in [1.165, 1.54) is 0 Å². The van der Waals surface area contributed by atoms with Gasteiger partial charge >= 0.3 is 6.03 Å². The van der Waals surface area contributed by atoms with Crippen molar-refractivity contribution in [2.45, 2.75) is 19.5 Å². The summed E-state index contributed by atoms with van der Waals surface area (Å²) in [7, 11) is 0.216. The average Bonchev–Trinajstić information content (AvgIpc) is 2.42. The van der Waals surface area contributed by atoms with Crippen molar-refractivity contribution in [3.8, 4) is 0 Å². The van der Waals surface area contributed by atoms with Gasteiger partial charge < -0.3 is 9.80 Å². The number of hydrogen-bond donors (Lipinski definition) is 1. The number of urea groups is 1. The van der Waals surface area contributed by atoms with Crippen LogP contribution in [0.1, 0.15) is 16.7 Å². The summed E-state index contributed by atoms with van der Waals surface area (Å²) in [5.74, 6) is 0. The fourth-order valence-electron chi connectivity index (χ4n) is 2.38. The third-order valence-corrected chi connectivity index (χ3v) is 4.08. The Morgan fingerprint density at radius 2 is 2.14 bits per heavy atom. The number of carbonyl (C=O) groups is 1. The van der Waals surface area contributed by atoms with Gasteiger partial charge in [-0.1, -0.05) is 0 Å². The molecule has 0 bridgehead atoms. The molecule has 2 rings (SSSR count). The van der Waals surface area contributed by atoms with Gasteiger partial charge in [0.25, 0.3) is 0 Å². The predicted octanol–water partition coefficient (Wildman–Crippen LogP) is 0.171. The number of nitrogens with one attached hydrogen (secondary N) is 1. The van der Waals surface area contributed by atoms with Gasteiger partial charge in [-0.05, 0) is 23.1 Å². The van der Waals surface area contributed by atoms with Crippen LogP contribution in [0.15, 0.2) is 12.4 Å². The molecule has 0 saturated heterocycles. The van der Waals surface area contributed by atoms with E-state index in [-0.39, 0.29) is 12.6 Å². The molecule has 0 aromatic carbocycles. The molecule has 0 aliphatic carbocycles. The highest BCUT2D eigenvalue weighted by molar-refractivity contribution is 7.88. The number of rotatable bonds is 3. The lowest BCUT2D eigenvalue weighted by Gasteiger charge is -2.31. The van der Waals surface area contributed by atoms with Gasteiger partial charge in [0.1, 0.15) is 0 Å². The molecule has 7 nitrogen and oxygen atoms in total. The van der Waals surface area contributed by atoms with Crippen LogP contribution in [0.2, 0.25) is 0 Å². The van der Waals surface area contributed by atoms with Crippen molar-refractivity contribution in [1.29, 1.82) is 0 Å². The Kier molecular flexibility index (Phi) is 4.48. The Hall–Kier alpha value is -1.67. The van der Waals surface area contributed by atoms with Crippen LogP contribution in [-0.4, -0.2) is 56.1 Å². The van der Waals surface area contributed by atoms with Gasteiger partial charge in [0.05, 0.1) is 6.26 Å². The number of fused-ring (bicyclic) bond motifs is 1. The van der Waals surface area contributed by atoms with E-state index >= 15 is 0 Å². The Morgan fingerprint density at radius 3 is 2.76 bits per heavy atom. The molecule has 8 heteroatoms. The van der Waals surface area contributed by atoms with E-state index in [0.29, 0.717) is 19.5 Å². The van der Waals surface area contributed by atoms with Crippen LogP contribution in [0.5, 0.6) is 0 Å². The second kappa shape index (κ2) is 5.98. The minimum atomic E-state index is -3.23. The molecule has 0 saturated carbocycles. The molecule has 0 spiro atoms. The second-order valence-electron chi connectivity index (χ2n) is 5.38. The van der Waals surface area contributed by atoms with Gasteiger partial charge in [-0.15, -0.1) is 0 Å². The Labute approximate surface area is 125 Å². The van der Waals surface area contributed by atoms with Gasteiger partial charge in [0.2, 0.25) is 10.0 Å². The Bertz CT molecular complexity index is 643. The lowest BCUT2D eigenvalue weighted by atomic mass is 9.97. The van der Waals surface area contributed by atoms with Crippen molar-refractivity contribution in [1.82, 2.24) is 19.5 Å². The van der Waals surface area contributed by atoms with Crippen molar-refractivity contribution in [2.24, 2.45) is 0 Å². The van der Waals surface area contributed by atoms with E-state index in [2.05, 4.69) is 9.71 Å². The molecule has 116 valence electrons. The highest BCUT2D eigenvalue weighted by Gasteiger charge is 2.23. The molecule has 21 heavy (non-hydrogen) atoms. The summed E-state index contributed by atoms with van der Waals surface area (Å²) in [6.07, 6.45) is 5.26. The van der Waals surface area contributed by atoms with Crippen molar-refractivity contribution in [3.05, 3.63) is 29.1 Å². The summed E-state index contributed by atoms with van der Waals surface area (Å²) < 4.78 is 24.9. The minimum absolute atomic E-state index is 0.0275. The van der Waals surface area contributed by atoms with Crippen LogP contribution < -0.4 is 4.72 Å². The summed E-state index contributed by atoms with van der Waals surface area (Å²) in [5, 5.41) is 0. The first-order valence-corrected chi connectivity index (χ1v) is 8.52. The average molecular weight is 312 g/mol. The lowest BCUT2D eigenvalue weighted by molar-refractivity contribution is 0.165. The highest BCUT2D eigenvalue weighted by Crippen LogP contribution is 2.22. The number of pyridine rings is 1. The standard InChI is InChI=1S/C13H20N4O3S/c1-16(2)13(18)17-5-4-12-10(8-15-21(3,19)20)6-14-7-11(12)9-17/h6-7,15H,4-5,8-9H2,1-3H3. The Morgan fingerprint density at radius 1 is 1.43 bits per heavy atom. The third-order valence-electron chi connectivity index (χ3n) is 3.41. The summed E-state index contributed by atoms with van der Waals surface area (Å²) in [6, 6.07) is -0.0275. The first-order valence-electron chi connectivity index (χ1n) is 6.63. The molecule has 1 aliphatic heterocycles. The SMILES string of the molecule is CN(C)C(=O)N1CCc2c(CNS(C)(=O)=O)cncc2C1. The number of aromatic nitrogens is 1. The van der Waals surface area contributed by atoms with E-state index in [1.54, 1.807) is 36.3 Å². The van der Waals surface area contributed by atoms with Gasteiger partial charge in [0, 0.05) is 46.1 Å². The maximum atomic E-state index is 12.0. The van der Waals surface area contributed by atoms with Crippen molar-refractivity contribution in [3.63, 3.8) is 0 Å². The zero-order valence-electron chi connectivity index (χ0n) is 12.5. The molecule has 2 amide bonds. The van der Waals surface area contributed by atoms with Crippen LogP contribution in [0, 0.1) is 0 Å². The monoisotopic (exact) mass is 312 g/mol. The van der Waals surface area contributed by atoms with Crippen LogP contribution in [-0.2, 0) is 29.5 Å². The van der Waals surface area contributed by atoms with Crippen molar-refractivity contribution >= 4 is 16.1 Å². The molecule has 0 unspecified atom stereocenters. The molecule has 1 N–H and O–H groups in total. The molecule has 0 atom stereocenters. The van der Waals surface area contributed by atoms with Crippen LogP contribution in [0.4, 0.5) is 4.79 Å². The molecule has 0 radical (unpaired) electrons. The molecule has 1 aromatic heterocycles.